The average Bonchev–Trinajstić information content (AvgIpc) is 2.84. The Morgan fingerprint density at radius 1 is 0.960 bits per heavy atom. The number of carbonyl (C=O) groups excluding carboxylic acids is 2. The lowest BCUT2D eigenvalue weighted by molar-refractivity contribution is -0.132. The topological polar surface area (TPSA) is 40.6 Å². The van der Waals surface area contributed by atoms with Crippen molar-refractivity contribution in [3.63, 3.8) is 0 Å². The van der Waals surface area contributed by atoms with Crippen molar-refractivity contribution in [1.29, 1.82) is 0 Å². The zero-order chi connectivity index (χ0) is 17.6. The molecule has 0 saturated carbocycles. The Morgan fingerprint density at radius 2 is 1.60 bits per heavy atom. The molecule has 0 bridgehead atoms. The molecule has 1 atom stereocenters. The van der Waals surface area contributed by atoms with E-state index in [-0.39, 0.29) is 17.7 Å². The number of hydrogen-bond donors (Lipinski definition) is 0. The lowest BCUT2D eigenvalue weighted by atomic mass is 10.00. The van der Waals surface area contributed by atoms with Crippen LogP contribution >= 0.6 is 0 Å². The van der Waals surface area contributed by atoms with Gasteiger partial charge in [0.2, 0.25) is 11.8 Å². The molecule has 0 radical (unpaired) electrons. The van der Waals surface area contributed by atoms with Gasteiger partial charge in [-0.15, -0.1) is 0 Å². The zero-order valence-corrected chi connectivity index (χ0v) is 14.6. The minimum atomic E-state index is -0.183. The summed E-state index contributed by atoms with van der Waals surface area (Å²) in [6, 6.07) is 19.8. The summed E-state index contributed by atoms with van der Waals surface area (Å²) in [4.78, 5) is 28.9. The largest absolute Gasteiger partial charge is 0.340 e. The number of benzene rings is 2. The van der Waals surface area contributed by atoms with Crippen molar-refractivity contribution < 1.29 is 9.59 Å². The van der Waals surface area contributed by atoms with Gasteiger partial charge in [0.25, 0.3) is 0 Å². The molecule has 2 aromatic carbocycles. The minimum Gasteiger partial charge on any atom is -0.340 e. The Kier molecular flexibility index (Phi) is 5.49. The van der Waals surface area contributed by atoms with Crippen molar-refractivity contribution in [2.24, 2.45) is 0 Å². The van der Waals surface area contributed by atoms with Gasteiger partial charge in [-0.05, 0) is 18.1 Å². The van der Waals surface area contributed by atoms with Crippen LogP contribution < -0.4 is 0 Å². The molecule has 1 heterocycles. The molecule has 0 aliphatic carbocycles. The summed E-state index contributed by atoms with van der Waals surface area (Å²) in [5, 5.41) is 0. The van der Waals surface area contributed by atoms with Gasteiger partial charge in [-0.2, -0.15) is 0 Å². The van der Waals surface area contributed by atoms with Gasteiger partial charge in [-0.25, -0.2) is 0 Å². The summed E-state index contributed by atoms with van der Waals surface area (Å²) in [5.74, 6) is 0.0315. The zero-order valence-electron chi connectivity index (χ0n) is 14.6. The van der Waals surface area contributed by atoms with Crippen molar-refractivity contribution in [3.05, 3.63) is 71.8 Å². The summed E-state index contributed by atoms with van der Waals surface area (Å²) >= 11 is 0. The molecule has 0 spiro atoms. The Bertz CT molecular complexity index is 715. The second kappa shape index (κ2) is 7.97. The maximum Gasteiger partial charge on any atom is 0.229 e. The van der Waals surface area contributed by atoms with Crippen molar-refractivity contribution in [2.75, 3.05) is 19.6 Å². The third-order valence-corrected chi connectivity index (χ3v) is 4.79. The monoisotopic (exact) mass is 336 g/mol. The van der Waals surface area contributed by atoms with Gasteiger partial charge in [0.15, 0.2) is 0 Å². The molecule has 3 rings (SSSR count). The van der Waals surface area contributed by atoms with E-state index in [0.717, 1.165) is 11.1 Å². The third kappa shape index (κ3) is 4.27. The van der Waals surface area contributed by atoms with E-state index in [9.17, 15) is 9.59 Å². The first-order valence-electron chi connectivity index (χ1n) is 8.80. The molecule has 1 saturated heterocycles. The van der Waals surface area contributed by atoms with Gasteiger partial charge in [0.1, 0.15) is 0 Å². The van der Waals surface area contributed by atoms with Gasteiger partial charge in [-0.1, -0.05) is 60.7 Å². The van der Waals surface area contributed by atoms with Crippen molar-refractivity contribution in [2.45, 2.75) is 25.8 Å². The highest BCUT2D eigenvalue weighted by Crippen LogP contribution is 2.19. The first-order valence-corrected chi connectivity index (χ1v) is 8.80. The van der Waals surface area contributed by atoms with Crippen LogP contribution in [-0.2, 0) is 16.1 Å². The Hall–Kier alpha value is -2.62. The minimum absolute atomic E-state index is 0.0977. The molecular formula is C21H24N2O2. The van der Waals surface area contributed by atoms with Crippen LogP contribution in [0.25, 0.3) is 0 Å². The second-order valence-corrected chi connectivity index (χ2v) is 6.51. The summed E-state index contributed by atoms with van der Waals surface area (Å²) in [7, 11) is 0. The fourth-order valence-electron chi connectivity index (χ4n) is 3.22. The first-order chi connectivity index (χ1) is 12.1. The predicted molar refractivity (Wildman–Crippen MR) is 97.9 cm³/mol. The van der Waals surface area contributed by atoms with Crippen molar-refractivity contribution >= 4 is 11.8 Å². The molecule has 1 aliphatic rings. The predicted octanol–water partition coefficient (Wildman–Crippen LogP) is 3.05. The summed E-state index contributed by atoms with van der Waals surface area (Å²) < 4.78 is 0. The van der Waals surface area contributed by atoms with Gasteiger partial charge < -0.3 is 9.80 Å². The van der Waals surface area contributed by atoms with Crippen LogP contribution in [0.15, 0.2) is 60.7 Å². The normalized spacial score (nSPS) is 16.4. The molecule has 2 aromatic rings. The second-order valence-electron chi connectivity index (χ2n) is 6.51. The molecule has 130 valence electrons. The highest BCUT2D eigenvalue weighted by Gasteiger charge is 2.27. The number of carbonyl (C=O) groups is 2. The van der Waals surface area contributed by atoms with E-state index in [4.69, 9.17) is 0 Å². The van der Waals surface area contributed by atoms with Crippen LogP contribution in [0.1, 0.15) is 30.4 Å². The standard InChI is InChI=1S/C21H24N2O2/c1-17(19-10-6-3-7-11-19)21(25)22-13-12-20(24)23(15-14-22)16-18-8-4-2-5-9-18/h2-11,17H,12-16H2,1H3/t17-/m0/s1. The highest BCUT2D eigenvalue weighted by molar-refractivity contribution is 5.84. The van der Waals surface area contributed by atoms with E-state index < -0.39 is 0 Å². The molecule has 4 heteroatoms. The lowest BCUT2D eigenvalue weighted by Crippen LogP contribution is -2.37. The maximum atomic E-state index is 12.8. The molecule has 25 heavy (non-hydrogen) atoms. The lowest BCUT2D eigenvalue weighted by Gasteiger charge is -2.25. The van der Waals surface area contributed by atoms with Gasteiger partial charge in [-0.3, -0.25) is 9.59 Å². The van der Waals surface area contributed by atoms with E-state index in [1.54, 1.807) is 0 Å². The number of nitrogens with zero attached hydrogens (tertiary/aromatic N) is 2. The Morgan fingerprint density at radius 3 is 2.28 bits per heavy atom. The summed E-state index contributed by atoms with van der Waals surface area (Å²) in [6.45, 7) is 4.22. The molecule has 2 amide bonds. The Labute approximate surface area is 149 Å². The highest BCUT2D eigenvalue weighted by atomic mass is 16.2. The summed E-state index contributed by atoms with van der Waals surface area (Å²) in [6.07, 6.45) is 0.389. The maximum absolute atomic E-state index is 12.8. The van der Waals surface area contributed by atoms with Crippen LogP contribution in [0.4, 0.5) is 0 Å². The molecule has 0 aromatic heterocycles. The fourth-order valence-corrected chi connectivity index (χ4v) is 3.22. The SMILES string of the molecule is C[C@H](C(=O)N1CCC(=O)N(Cc2ccccc2)CC1)c1ccccc1. The van der Waals surface area contributed by atoms with Crippen LogP contribution in [0.2, 0.25) is 0 Å². The van der Waals surface area contributed by atoms with Crippen LogP contribution in [-0.4, -0.2) is 41.2 Å². The first kappa shape index (κ1) is 17.2. The molecular weight excluding hydrogens is 312 g/mol. The van der Waals surface area contributed by atoms with E-state index in [2.05, 4.69) is 0 Å². The van der Waals surface area contributed by atoms with Crippen LogP contribution in [0, 0.1) is 0 Å². The Balaban J connectivity index is 1.64. The molecule has 0 unspecified atom stereocenters. The van der Waals surface area contributed by atoms with E-state index >= 15 is 0 Å². The van der Waals surface area contributed by atoms with E-state index in [1.807, 2.05) is 77.4 Å². The van der Waals surface area contributed by atoms with Gasteiger partial charge in [0.05, 0.1) is 5.92 Å². The van der Waals surface area contributed by atoms with Crippen LogP contribution in [0.3, 0.4) is 0 Å². The number of amides is 2. The van der Waals surface area contributed by atoms with Gasteiger partial charge >= 0.3 is 0 Å². The quantitative estimate of drug-likeness (QED) is 0.861. The molecule has 4 nitrogen and oxygen atoms in total. The van der Waals surface area contributed by atoms with Crippen LogP contribution in [0.5, 0.6) is 0 Å². The van der Waals surface area contributed by atoms with Crippen molar-refractivity contribution in [3.8, 4) is 0 Å². The molecule has 0 N–H and O–H groups in total. The number of rotatable bonds is 4. The van der Waals surface area contributed by atoms with Crippen molar-refractivity contribution in [1.82, 2.24) is 9.80 Å². The molecule has 1 aliphatic heterocycles. The molecule has 1 fully saturated rings. The third-order valence-electron chi connectivity index (χ3n) is 4.79. The van der Waals surface area contributed by atoms with E-state index in [1.165, 1.54) is 0 Å². The summed E-state index contributed by atoms with van der Waals surface area (Å²) in [5.41, 5.74) is 2.14. The smallest absolute Gasteiger partial charge is 0.229 e. The fraction of sp³-hybridized carbons (Fsp3) is 0.333. The van der Waals surface area contributed by atoms with Gasteiger partial charge in [0, 0.05) is 32.6 Å². The average molecular weight is 336 g/mol. The number of hydrogen-bond acceptors (Lipinski definition) is 2. The van der Waals surface area contributed by atoms with E-state index in [0.29, 0.717) is 32.6 Å².